The number of nitrogens with two attached hydrogens (primary N) is 1. The summed E-state index contributed by atoms with van der Waals surface area (Å²) in [5.74, 6) is 1.01. The molecule has 1 fully saturated rings. The van der Waals surface area contributed by atoms with Gasteiger partial charge in [0.15, 0.2) is 10.9 Å². The Kier molecular flexibility index (Phi) is 6.05. The zero-order valence-corrected chi connectivity index (χ0v) is 12.1. The summed E-state index contributed by atoms with van der Waals surface area (Å²) in [6, 6.07) is 3.59. The maximum atomic E-state index is 12.1. The average molecular weight is 291 g/mol. The second-order valence-corrected chi connectivity index (χ2v) is 5.10. The molecule has 0 saturated carbocycles. The van der Waals surface area contributed by atoms with Crippen LogP contribution in [0, 0.1) is 5.92 Å². The summed E-state index contributed by atoms with van der Waals surface area (Å²) in [6.45, 7) is 2.30. The third kappa shape index (κ3) is 3.43. The first-order chi connectivity index (χ1) is 8.24. The molecule has 4 nitrogen and oxygen atoms in total. The van der Waals surface area contributed by atoms with E-state index in [0.717, 1.165) is 37.6 Å². The first-order valence-electron chi connectivity index (χ1n) is 5.87. The van der Waals surface area contributed by atoms with Crippen LogP contribution in [0.2, 0.25) is 0 Å². The molecule has 1 saturated heterocycles. The molecule has 2 heterocycles. The highest BCUT2D eigenvalue weighted by atomic mass is 35.5. The van der Waals surface area contributed by atoms with Crippen molar-refractivity contribution in [3.63, 3.8) is 0 Å². The number of furan rings is 1. The van der Waals surface area contributed by atoms with Gasteiger partial charge >= 0.3 is 0 Å². The standard InChI is InChI=1S/C12H18N2O2S.ClH/c1-17-11-3-2-10(16-11)12(15)14-6-4-9(8-13)5-7-14;/h2-3,9H,4-8,13H2,1H3;1H. The van der Waals surface area contributed by atoms with E-state index in [-0.39, 0.29) is 18.3 Å². The fraction of sp³-hybridized carbons (Fsp3) is 0.583. The Morgan fingerprint density at radius 1 is 1.50 bits per heavy atom. The van der Waals surface area contributed by atoms with Crippen LogP contribution in [-0.2, 0) is 0 Å². The topological polar surface area (TPSA) is 59.5 Å². The van der Waals surface area contributed by atoms with E-state index in [2.05, 4.69) is 0 Å². The Morgan fingerprint density at radius 2 is 2.17 bits per heavy atom. The fourth-order valence-electron chi connectivity index (χ4n) is 2.07. The Morgan fingerprint density at radius 3 is 2.67 bits per heavy atom. The van der Waals surface area contributed by atoms with Gasteiger partial charge in [-0.25, -0.2) is 0 Å². The number of piperidine rings is 1. The quantitative estimate of drug-likeness (QED) is 0.867. The van der Waals surface area contributed by atoms with Crippen molar-refractivity contribution < 1.29 is 9.21 Å². The van der Waals surface area contributed by atoms with Gasteiger partial charge in [-0.2, -0.15) is 0 Å². The molecule has 2 rings (SSSR count). The van der Waals surface area contributed by atoms with E-state index in [1.54, 1.807) is 6.07 Å². The predicted molar refractivity (Wildman–Crippen MR) is 75.4 cm³/mol. The van der Waals surface area contributed by atoms with Gasteiger partial charge in [-0.3, -0.25) is 4.79 Å². The molecule has 2 N–H and O–H groups in total. The Balaban J connectivity index is 0.00000162. The normalized spacial score (nSPS) is 16.4. The molecule has 0 atom stereocenters. The van der Waals surface area contributed by atoms with Crippen LogP contribution in [0.5, 0.6) is 0 Å². The highest BCUT2D eigenvalue weighted by Crippen LogP contribution is 2.22. The minimum Gasteiger partial charge on any atom is -0.445 e. The second-order valence-electron chi connectivity index (χ2n) is 4.29. The summed E-state index contributed by atoms with van der Waals surface area (Å²) in [6.07, 6.45) is 3.93. The van der Waals surface area contributed by atoms with Gasteiger partial charge < -0.3 is 15.1 Å². The second kappa shape index (κ2) is 7.07. The largest absolute Gasteiger partial charge is 0.445 e. The molecule has 0 aliphatic carbocycles. The lowest BCUT2D eigenvalue weighted by molar-refractivity contribution is 0.0656. The molecule has 0 spiro atoms. The molecule has 6 heteroatoms. The minimum atomic E-state index is 0. The monoisotopic (exact) mass is 290 g/mol. The highest BCUT2D eigenvalue weighted by Gasteiger charge is 2.24. The molecule has 1 aliphatic rings. The number of carbonyl (C=O) groups is 1. The molecule has 0 bridgehead atoms. The lowest BCUT2D eigenvalue weighted by Crippen LogP contribution is -2.39. The van der Waals surface area contributed by atoms with Crippen molar-refractivity contribution in [2.75, 3.05) is 25.9 Å². The van der Waals surface area contributed by atoms with Crippen molar-refractivity contribution in [1.82, 2.24) is 4.90 Å². The lowest BCUT2D eigenvalue weighted by atomic mass is 9.97. The third-order valence-electron chi connectivity index (χ3n) is 3.23. The number of amides is 1. The smallest absolute Gasteiger partial charge is 0.289 e. The minimum absolute atomic E-state index is 0. The zero-order valence-electron chi connectivity index (χ0n) is 10.4. The van der Waals surface area contributed by atoms with Gasteiger partial charge in [-0.15, -0.1) is 12.4 Å². The molecule has 18 heavy (non-hydrogen) atoms. The van der Waals surface area contributed by atoms with Gasteiger partial charge in [0.1, 0.15) is 0 Å². The summed E-state index contributed by atoms with van der Waals surface area (Å²) in [5, 5.41) is 0.783. The number of likely N-dealkylation sites (tertiary alicyclic amines) is 1. The van der Waals surface area contributed by atoms with Gasteiger partial charge in [0.2, 0.25) is 0 Å². The van der Waals surface area contributed by atoms with E-state index in [4.69, 9.17) is 10.2 Å². The van der Waals surface area contributed by atoms with E-state index >= 15 is 0 Å². The van der Waals surface area contributed by atoms with Crippen LogP contribution in [0.1, 0.15) is 23.4 Å². The van der Waals surface area contributed by atoms with Gasteiger partial charge in [0.05, 0.1) is 0 Å². The summed E-state index contributed by atoms with van der Waals surface area (Å²) in [7, 11) is 0. The highest BCUT2D eigenvalue weighted by molar-refractivity contribution is 7.98. The molecule has 1 aromatic heterocycles. The van der Waals surface area contributed by atoms with Crippen LogP contribution in [0.15, 0.2) is 21.6 Å². The average Bonchev–Trinajstić information content (AvgIpc) is 2.87. The number of rotatable bonds is 3. The van der Waals surface area contributed by atoms with E-state index in [0.29, 0.717) is 11.7 Å². The summed E-state index contributed by atoms with van der Waals surface area (Å²) in [4.78, 5) is 14.0. The van der Waals surface area contributed by atoms with Crippen molar-refractivity contribution in [3.05, 3.63) is 17.9 Å². The molecule has 0 aromatic carbocycles. The number of halogens is 1. The number of nitrogens with zero attached hydrogens (tertiary/aromatic N) is 1. The van der Waals surface area contributed by atoms with Crippen LogP contribution in [0.3, 0.4) is 0 Å². The molecular formula is C12H19ClN2O2S. The molecule has 1 aliphatic heterocycles. The van der Waals surface area contributed by atoms with Crippen molar-refractivity contribution in [3.8, 4) is 0 Å². The van der Waals surface area contributed by atoms with Crippen LogP contribution in [0.25, 0.3) is 0 Å². The molecular weight excluding hydrogens is 272 g/mol. The summed E-state index contributed by atoms with van der Waals surface area (Å²) >= 11 is 1.50. The van der Waals surface area contributed by atoms with Gasteiger partial charge in [-0.1, -0.05) is 11.8 Å². The van der Waals surface area contributed by atoms with Crippen molar-refractivity contribution in [2.24, 2.45) is 11.7 Å². The first kappa shape index (κ1) is 15.4. The third-order valence-corrected chi connectivity index (χ3v) is 3.85. The Bertz CT molecular complexity index is 389. The predicted octanol–water partition coefficient (Wildman–Crippen LogP) is 2.23. The maximum absolute atomic E-state index is 12.1. The molecule has 1 amide bonds. The number of hydrogen-bond acceptors (Lipinski definition) is 4. The van der Waals surface area contributed by atoms with Crippen molar-refractivity contribution >= 4 is 30.1 Å². The van der Waals surface area contributed by atoms with Crippen LogP contribution in [0.4, 0.5) is 0 Å². The number of hydrogen-bond donors (Lipinski definition) is 1. The fourth-order valence-corrected chi connectivity index (χ4v) is 2.45. The van der Waals surface area contributed by atoms with Crippen LogP contribution >= 0.6 is 24.2 Å². The molecule has 1 aromatic rings. The molecule has 0 radical (unpaired) electrons. The SMILES string of the molecule is CSc1ccc(C(=O)N2CCC(CN)CC2)o1.Cl. The Labute approximate surface area is 118 Å². The van der Waals surface area contributed by atoms with Crippen molar-refractivity contribution in [1.29, 1.82) is 0 Å². The van der Waals surface area contributed by atoms with E-state index < -0.39 is 0 Å². The zero-order chi connectivity index (χ0) is 12.3. The van der Waals surface area contributed by atoms with Crippen molar-refractivity contribution in [2.45, 2.75) is 17.9 Å². The lowest BCUT2D eigenvalue weighted by Gasteiger charge is -2.30. The van der Waals surface area contributed by atoms with Gasteiger partial charge in [0, 0.05) is 13.1 Å². The number of carbonyl (C=O) groups excluding carboxylic acids is 1. The van der Waals surface area contributed by atoms with E-state index in [9.17, 15) is 4.79 Å². The maximum Gasteiger partial charge on any atom is 0.289 e. The van der Waals surface area contributed by atoms with Gasteiger partial charge in [-0.05, 0) is 43.7 Å². The first-order valence-corrected chi connectivity index (χ1v) is 7.10. The van der Waals surface area contributed by atoms with Crippen LogP contribution in [-0.4, -0.2) is 36.7 Å². The summed E-state index contributed by atoms with van der Waals surface area (Å²) in [5.41, 5.74) is 5.63. The van der Waals surface area contributed by atoms with E-state index in [1.165, 1.54) is 11.8 Å². The van der Waals surface area contributed by atoms with E-state index in [1.807, 2.05) is 17.2 Å². The molecule has 102 valence electrons. The number of thioether (sulfide) groups is 1. The van der Waals surface area contributed by atoms with Gasteiger partial charge in [0.25, 0.3) is 5.91 Å². The summed E-state index contributed by atoms with van der Waals surface area (Å²) < 4.78 is 5.45. The van der Waals surface area contributed by atoms with Crippen LogP contribution < -0.4 is 5.73 Å². The molecule has 0 unspecified atom stereocenters. The Hall–Kier alpha value is -0.650.